The van der Waals surface area contributed by atoms with Crippen LogP contribution in [0.15, 0.2) is 10.6 Å². The second-order valence-corrected chi connectivity index (χ2v) is 4.23. The average molecular weight is 249 g/mol. The fourth-order valence-corrected chi connectivity index (χ4v) is 2.01. The van der Waals surface area contributed by atoms with Crippen LogP contribution in [0.1, 0.15) is 33.5 Å². The summed E-state index contributed by atoms with van der Waals surface area (Å²) in [6, 6.07) is 1.68. The smallest absolute Gasteiger partial charge is 0.337 e. The quantitative estimate of drug-likeness (QED) is 0.892. The molecule has 6 heteroatoms. The number of aromatic carboxylic acids is 1. The highest BCUT2D eigenvalue weighted by Gasteiger charge is 2.15. The Morgan fingerprint density at radius 2 is 2.17 bits per heavy atom. The van der Waals surface area contributed by atoms with E-state index in [0.717, 1.165) is 11.4 Å². The highest BCUT2D eigenvalue weighted by Crippen LogP contribution is 2.15. The van der Waals surface area contributed by atoms with E-state index in [2.05, 4.69) is 10.1 Å². The van der Waals surface area contributed by atoms with Crippen molar-refractivity contribution in [3.05, 3.63) is 34.7 Å². The van der Waals surface area contributed by atoms with Gasteiger partial charge in [-0.05, 0) is 26.8 Å². The van der Waals surface area contributed by atoms with Gasteiger partial charge in [0.15, 0.2) is 5.82 Å². The van der Waals surface area contributed by atoms with Gasteiger partial charge in [0.05, 0.1) is 5.56 Å². The van der Waals surface area contributed by atoms with Gasteiger partial charge in [-0.25, -0.2) is 4.79 Å². The lowest BCUT2D eigenvalue weighted by Crippen LogP contribution is -2.07. The second kappa shape index (κ2) is 4.64. The normalized spacial score (nSPS) is 10.8. The Balaban J connectivity index is 2.17. The van der Waals surface area contributed by atoms with Crippen LogP contribution in [0.4, 0.5) is 0 Å². The van der Waals surface area contributed by atoms with E-state index in [9.17, 15) is 4.79 Å². The first kappa shape index (κ1) is 12.3. The molecule has 0 saturated heterocycles. The van der Waals surface area contributed by atoms with E-state index in [1.54, 1.807) is 19.9 Å². The lowest BCUT2D eigenvalue weighted by Gasteiger charge is -2.07. The van der Waals surface area contributed by atoms with Gasteiger partial charge in [-0.15, -0.1) is 0 Å². The Bertz CT molecular complexity index is 583. The van der Waals surface area contributed by atoms with E-state index in [0.29, 0.717) is 30.2 Å². The zero-order chi connectivity index (χ0) is 13.3. The van der Waals surface area contributed by atoms with Gasteiger partial charge < -0.3 is 14.2 Å². The number of rotatable bonds is 4. The van der Waals surface area contributed by atoms with Crippen molar-refractivity contribution in [3.8, 4) is 0 Å². The van der Waals surface area contributed by atoms with Crippen LogP contribution in [0.3, 0.4) is 0 Å². The number of hydrogen-bond donors (Lipinski definition) is 1. The van der Waals surface area contributed by atoms with Crippen molar-refractivity contribution in [2.24, 2.45) is 0 Å². The first-order chi connectivity index (χ1) is 8.49. The van der Waals surface area contributed by atoms with Crippen LogP contribution in [-0.4, -0.2) is 25.8 Å². The molecule has 2 heterocycles. The Labute approximate surface area is 104 Å². The van der Waals surface area contributed by atoms with Crippen LogP contribution in [0, 0.1) is 20.8 Å². The molecular weight excluding hydrogens is 234 g/mol. The lowest BCUT2D eigenvalue weighted by atomic mass is 10.2. The maximum absolute atomic E-state index is 11.0. The van der Waals surface area contributed by atoms with Gasteiger partial charge in [0.1, 0.15) is 0 Å². The minimum Gasteiger partial charge on any atom is -0.478 e. The van der Waals surface area contributed by atoms with Crippen molar-refractivity contribution < 1.29 is 14.4 Å². The van der Waals surface area contributed by atoms with Gasteiger partial charge in [-0.2, -0.15) is 4.98 Å². The van der Waals surface area contributed by atoms with Gasteiger partial charge in [-0.3, -0.25) is 0 Å². The maximum atomic E-state index is 11.0. The number of nitrogens with zero attached hydrogens (tertiary/aromatic N) is 3. The summed E-state index contributed by atoms with van der Waals surface area (Å²) in [5.41, 5.74) is 2.01. The highest BCUT2D eigenvalue weighted by atomic mass is 16.5. The third-order valence-corrected chi connectivity index (χ3v) is 2.92. The first-order valence-corrected chi connectivity index (χ1v) is 5.68. The predicted molar refractivity (Wildman–Crippen MR) is 63.6 cm³/mol. The molecule has 2 aromatic rings. The van der Waals surface area contributed by atoms with Crippen LogP contribution in [0.2, 0.25) is 0 Å². The monoisotopic (exact) mass is 249 g/mol. The van der Waals surface area contributed by atoms with E-state index >= 15 is 0 Å². The van der Waals surface area contributed by atoms with Crippen LogP contribution in [0.5, 0.6) is 0 Å². The molecule has 18 heavy (non-hydrogen) atoms. The van der Waals surface area contributed by atoms with Gasteiger partial charge in [-0.1, -0.05) is 5.16 Å². The molecule has 0 aromatic carbocycles. The second-order valence-electron chi connectivity index (χ2n) is 4.23. The molecule has 0 unspecified atom stereocenters. The Hall–Kier alpha value is -2.11. The summed E-state index contributed by atoms with van der Waals surface area (Å²) in [5.74, 6) is 0.275. The minimum atomic E-state index is -0.900. The standard InChI is InChI=1S/C12H15N3O3/c1-7-6-10(12(16)17)8(2)15(7)5-4-11-13-9(3)14-18-11/h6H,4-5H2,1-3H3,(H,16,17). The number of hydrogen-bond acceptors (Lipinski definition) is 4. The van der Waals surface area contributed by atoms with Gasteiger partial charge in [0.2, 0.25) is 5.89 Å². The van der Waals surface area contributed by atoms with E-state index in [4.69, 9.17) is 9.63 Å². The molecule has 2 aromatic heterocycles. The summed E-state index contributed by atoms with van der Waals surface area (Å²) >= 11 is 0. The number of carbonyl (C=O) groups is 1. The third-order valence-electron chi connectivity index (χ3n) is 2.92. The van der Waals surface area contributed by atoms with Crippen LogP contribution < -0.4 is 0 Å². The van der Waals surface area contributed by atoms with Crippen molar-refractivity contribution in [3.63, 3.8) is 0 Å². The van der Waals surface area contributed by atoms with Crippen molar-refractivity contribution in [2.45, 2.75) is 33.7 Å². The summed E-state index contributed by atoms with van der Waals surface area (Å²) in [5, 5.41) is 12.8. The number of carboxylic acids is 1. The average Bonchev–Trinajstić information content (AvgIpc) is 2.82. The Morgan fingerprint density at radius 1 is 1.44 bits per heavy atom. The SMILES string of the molecule is Cc1noc(CCn2c(C)cc(C(=O)O)c2C)n1. The molecule has 0 radical (unpaired) electrons. The molecule has 0 aliphatic heterocycles. The van der Waals surface area contributed by atoms with Crippen molar-refractivity contribution in [1.82, 2.24) is 14.7 Å². The summed E-state index contributed by atoms with van der Waals surface area (Å²) in [4.78, 5) is 15.1. The zero-order valence-electron chi connectivity index (χ0n) is 10.6. The molecule has 1 N–H and O–H groups in total. The van der Waals surface area contributed by atoms with Crippen LogP contribution in [0.25, 0.3) is 0 Å². The van der Waals surface area contributed by atoms with Crippen molar-refractivity contribution in [2.75, 3.05) is 0 Å². The molecule has 0 aliphatic rings. The molecule has 0 aliphatic carbocycles. The van der Waals surface area contributed by atoms with Crippen molar-refractivity contribution >= 4 is 5.97 Å². The van der Waals surface area contributed by atoms with Gasteiger partial charge in [0, 0.05) is 24.4 Å². The number of aromatic nitrogens is 3. The molecule has 2 rings (SSSR count). The van der Waals surface area contributed by atoms with Gasteiger partial charge >= 0.3 is 5.97 Å². The first-order valence-electron chi connectivity index (χ1n) is 5.68. The molecule has 0 spiro atoms. The molecule has 6 nitrogen and oxygen atoms in total. The molecule has 0 bridgehead atoms. The molecule has 0 amide bonds. The highest BCUT2D eigenvalue weighted by molar-refractivity contribution is 5.89. The third kappa shape index (κ3) is 2.27. The largest absolute Gasteiger partial charge is 0.478 e. The molecule has 0 fully saturated rings. The minimum absolute atomic E-state index is 0.342. The Morgan fingerprint density at radius 3 is 2.67 bits per heavy atom. The van der Waals surface area contributed by atoms with E-state index in [1.807, 2.05) is 11.5 Å². The predicted octanol–water partition coefficient (Wildman–Crippen LogP) is 1.74. The summed E-state index contributed by atoms with van der Waals surface area (Å²) in [7, 11) is 0. The Kier molecular flexibility index (Phi) is 3.18. The topological polar surface area (TPSA) is 81.2 Å². The zero-order valence-corrected chi connectivity index (χ0v) is 10.6. The fourth-order valence-electron chi connectivity index (χ4n) is 2.01. The summed E-state index contributed by atoms with van der Waals surface area (Å²) in [6.07, 6.45) is 0.594. The van der Waals surface area contributed by atoms with Crippen molar-refractivity contribution in [1.29, 1.82) is 0 Å². The fraction of sp³-hybridized carbons (Fsp3) is 0.417. The number of carboxylic acid groups (broad SMARTS) is 1. The molecule has 96 valence electrons. The van der Waals surface area contributed by atoms with Gasteiger partial charge in [0.25, 0.3) is 0 Å². The van der Waals surface area contributed by atoms with E-state index in [-0.39, 0.29) is 0 Å². The number of aryl methyl sites for hydroxylation is 3. The van der Waals surface area contributed by atoms with Crippen LogP contribution in [-0.2, 0) is 13.0 Å². The van der Waals surface area contributed by atoms with E-state index < -0.39 is 5.97 Å². The van der Waals surface area contributed by atoms with E-state index in [1.165, 1.54) is 0 Å². The lowest BCUT2D eigenvalue weighted by molar-refractivity contribution is 0.0696. The maximum Gasteiger partial charge on any atom is 0.337 e. The molecular formula is C12H15N3O3. The summed E-state index contributed by atoms with van der Waals surface area (Å²) < 4.78 is 6.98. The van der Waals surface area contributed by atoms with Crippen LogP contribution >= 0.6 is 0 Å². The molecule has 0 atom stereocenters. The molecule has 0 saturated carbocycles. The summed E-state index contributed by atoms with van der Waals surface area (Å²) in [6.45, 7) is 6.09.